The maximum absolute atomic E-state index is 11.7. The number of hydrogen-bond acceptors (Lipinski definition) is 5. The molecule has 0 aromatic heterocycles. The van der Waals surface area contributed by atoms with Gasteiger partial charge in [-0.15, -0.1) is 0 Å². The fraction of sp³-hybridized carbons (Fsp3) is 0.357. The zero-order valence-corrected chi connectivity index (χ0v) is 12.1. The molecule has 7 heteroatoms. The first kappa shape index (κ1) is 16.5. The van der Waals surface area contributed by atoms with Crippen molar-refractivity contribution in [2.75, 3.05) is 6.61 Å². The zero-order valence-electron chi connectivity index (χ0n) is 12.1. The largest absolute Gasteiger partial charge is 0.491 e. The first-order valence-corrected chi connectivity index (χ1v) is 6.37. The van der Waals surface area contributed by atoms with Gasteiger partial charge in [0.15, 0.2) is 6.61 Å². The Morgan fingerprint density at radius 1 is 1.10 bits per heavy atom. The van der Waals surface area contributed by atoms with Gasteiger partial charge in [-0.2, -0.15) is 0 Å². The molecule has 0 radical (unpaired) electrons. The van der Waals surface area contributed by atoms with Gasteiger partial charge in [-0.25, -0.2) is 4.79 Å². The summed E-state index contributed by atoms with van der Waals surface area (Å²) in [5.74, 6) is -1.04. The number of esters is 1. The van der Waals surface area contributed by atoms with Crippen molar-refractivity contribution < 1.29 is 23.9 Å². The molecule has 0 unspecified atom stereocenters. The van der Waals surface area contributed by atoms with Gasteiger partial charge >= 0.3 is 5.97 Å². The molecular formula is C14H18N2O5. The fourth-order valence-electron chi connectivity index (χ4n) is 1.35. The molecule has 114 valence electrons. The highest BCUT2D eigenvalue weighted by Gasteiger charge is 2.10. The quantitative estimate of drug-likeness (QED) is 0.619. The van der Waals surface area contributed by atoms with Gasteiger partial charge in [-0.1, -0.05) is 0 Å². The second kappa shape index (κ2) is 7.88. The lowest BCUT2D eigenvalue weighted by Crippen LogP contribution is -2.42. The van der Waals surface area contributed by atoms with Crippen LogP contribution < -0.4 is 15.6 Å². The monoisotopic (exact) mass is 294 g/mol. The van der Waals surface area contributed by atoms with Gasteiger partial charge in [0.25, 0.3) is 5.91 Å². The molecule has 1 rings (SSSR count). The van der Waals surface area contributed by atoms with E-state index in [0.29, 0.717) is 11.3 Å². The number of benzene rings is 1. The van der Waals surface area contributed by atoms with Gasteiger partial charge in [0, 0.05) is 6.92 Å². The summed E-state index contributed by atoms with van der Waals surface area (Å²) < 4.78 is 10.2. The van der Waals surface area contributed by atoms with E-state index in [-0.39, 0.29) is 6.10 Å². The predicted octanol–water partition coefficient (Wildman–Crippen LogP) is 0.798. The zero-order chi connectivity index (χ0) is 15.8. The van der Waals surface area contributed by atoms with Gasteiger partial charge in [-0.05, 0) is 38.1 Å². The molecule has 1 aromatic carbocycles. The van der Waals surface area contributed by atoms with E-state index >= 15 is 0 Å². The van der Waals surface area contributed by atoms with E-state index in [9.17, 15) is 14.4 Å². The molecule has 0 aliphatic rings. The standard InChI is InChI=1S/C14H18N2O5/c1-9(2)21-12-6-4-11(5-7-12)14(19)20-8-13(18)16-15-10(3)17/h4-7,9H,8H2,1-3H3,(H,15,17)(H,16,18). The summed E-state index contributed by atoms with van der Waals surface area (Å²) in [6, 6.07) is 6.39. The summed E-state index contributed by atoms with van der Waals surface area (Å²) in [6.45, 7) is 4.56. The molecule has 0 spiro atoms. The summed E-state index contributed by atoms with van der Waals surface area (Å²) in [6.07, 6.45) is 0.0419. The Labute approximate surface area is 122 Å². The van der Waals surface area contributed by atoms with Crippen molar-refractivity contribution in [3.63, 3.8) is 0 Å². The fourth-order valence-corrected chi connectivity index (χ4v) is 1.35. The number of amides is 2. The molecule has 0 atom stereocenters. The average molecular weight is 294 g/mol. The lowest BCUT2D eigenvalue weighted by Gasteiger charge is -2.10. The van der Waals surface area contributed by atoms with E-state index in [4.69, 9.17) is 9.47 Å². The SMILES string of the molecule is CC(=O)NNC(=O)COC(=O)c1ccc(OC(C)C)cc1. The van der Waals surface area contributed by atoms with Crippen LogP contribution in [0.25, 0.3) is 0 Å². The number of carbonyl (C=O) groups is 3. The number of hydrogen-bond donors (Lipinski definition) is 2. The van der Waals surface area contributed by atoms with Crippen LogP contribution in [0.1, 0.15) is 31.1 Å². The van der Waals surface area contributed by atoms with Crippen LogP contribution in [0.4, 0.5) is 0 Å². The van der Waals surface area contributed by atoms with Crippen LogP contribution in [-0.2, 0) is 14.3 Å². The van der Waals surface area contributed by atoms with E-state index in [2.05, 4.69) is 10.9 Å². The van der Waals surface area contributed by atoms with E-state index in [1.165, 1.54) is 6.92 Å². The smallest absolute Gasteiger partial charge is 0.338 e. The van der Waals surface area contributed by atoms with Crippen molar-refractivity contribution in [1.82, 2.24) is 10.9 Å². The lowest BCUT2D eigenvalue weighted by molar-refractivity contribution is -0.129. The second-order valence-corrected chi connectivity index (χ2v) is 4.50. The van der Waals surface area contributed by atoms with E-state index in [1.807, 2.05) is 13.8 Å². The van der Waals surface area contributed by atoms with Crippen LogP contribution in [0.5, 0.6) is 5.75 Å². The van der Waals surface area contributed by atoms with Crippen LogP contribution in [-0.4, -0.2) is 30.5 Å². The van der Waals surface area contributed by atoms with Gasteiger partial charge in [0.1, 0.15) is 5.75 Å². The summed E-state index contributed by atoms with van der Waals surface area (Å²) in [5, 5.41) is 0. The first-order chi connectivity index (χ1) is 9.88. The maximum atomic E-state index is 11.7. The predicted molar refractivity (Wildman–Crippen MR) is 74.4 cm³/mol. The van der Waals surface area contributed by atoms with Crippen molar-refractivity contribution in [3.05, 3.63) is 29.8 Å². The molecule has 0 heterocycles. The van der Waals surface area contributed by atoms with Crippen LogP contribution in [0.2, 0.25) is 0 Å². The number of hydrazine groups is 1. The Morgan fingerprint density at radius 2 is 1.71 bits per heavy atom. The molecular weight excluding hydrogens is 276 g/mol. The summed E-state index contributed by atoms with van der Waals surface area (Å²) in [7, 11) is 0. The lowest BCUT2D eigenvalue weighted by atomic mass is 10.2. The third-order valence-corrected chi connectivity index (χ3v) is 2.17. The second-order valence-electron chi connectivity index (χ2n) is 4.50. The number of rotatable bonds is 5. The van der Waals surface area contributed by atoms with Gasteiger partial charge in [0.05, 0.1) is 11.7 Å². The maximum Gasteiger partial charge on any atom is 0.338 e. The highest BCUT2D eigenvalue weighted by molar-refractivity contribution is 5.91. The molecule has 0 saturated carbocycles. The molecule has 7 nitrogen and oxygen atoms in total. The molecule has 0 aliphatic carbocycles. The molecule has 21 heavy (non-hydrogen) atoms. The Kier molecular flexibility index (Phi) is 6.19. The van der Waals surface area contributed by atoms with Crippen molar-refractivity contribution in [1.29, 1.82) is 0 Å². The first-order valence-electron chi connectivity index (χ1n) is 6.37. The van der Waals surface area contributed by atoms with Crippen molar-refractivity contribution >= 4 is 17.8 Å². The normalized spacial score (nSPS) is 9.90. The van der Waals surface area contributed by atoms with Crippen LogP contribution in [0.15, 0.2) is 24.3 Å². The molecule has 1 aromatic rings. The van der Waals surface area contributed by atoms with Crippen molar-refractivity contribution in [3.8, 4) is 5.75 Å². The average Bonchev–Trinajstić information content (AvgIpc) is 2.42. The molecule has 0 saturated heterocycles. The third-order valence-electron chi connectivity index (χ3n) is 2.17. The minimum Gasteiger partial charge on any atom is -0.491 e. The van der Waals surface area contributed by atoms with Crippen LogP contribution in [0, 0.1) is 0 Å². The van der Waals surface area contributed by atoms with E-state index in [0.717, 1.165) is 0 Å². The molecule has 2 N–H and O–H groups in total. The highest BCUT2D eigenvalue weighted by atomic mass is 16.5. The van der Waals surface area contributed by atoms with Crippen molar-refractivity contribution in [2.24, 2.45) is 0 Å². The van der Waals surface area contributed by atoms with E-state index in [1.54, 1.807) is 24.3 Å². The van der Waals surface area contributed by atoms with Gasteiger partial charge in [0.2, 0.25) is 5.91 Å². The molecule has 0 bridgehead atoms. The van der Waals surface area contributed by atoms with Crippen LogP contribution in [0.3, 0.4) is 0 Å². The van der Waals surface area contributed by atoms with Gasteiger partial charge < -0.3 is 9.47 Å². The number of nitrogens with one attached hydrogen (secondary N) is 2. The molecule has 2 amide bonds. The topological polar surface area (TPSA) is 93.7 Å². The number of carbonyl (C=O) groups excluding carboxylic acids is 3. The van der Waals surface area contributed by atoms with Crippen molar-refractivity contribution in [2.45, 2.75) is 26.9 Å². The Bertz CT molecular complexity index is 511. The van der Waals surface area contributed by atoms with Gasteiger partial charge in [-0.3, -0.25) is 20.4 Å². The minimum atomic E-state index is -0.635. The Morgan fingerprint density at radius 3 is 2.24 bits per heavy atom. The summed E-state index contributed by atoms with van der Waals surface area (Å²) in [5.41, 5.74) is 4.48. The summed E-state index contributed by atoms with van der Waals surface area (Å²) in [4.78, 5) is 33.5. The minimum absolute atomic E-state index is 0.0419. The van der Waals surface area contributed by atoms with Crippen LogP contribution >= 0.6 is 0 Å². The highest BCUT2D eigenvalue weighted by Crippen LogP contribution is 2.14. The van der Waals surface area contributed by atoms with E-state index < -0.39 is 24.4 Å². The summed E-state index contributed by atoms with van der Waals surface area (Å²) >= 11 is 0. The Balaban J connectivity index is 2.45. The third kappa shape index (κ3) is 6.42. The number of ether oxygens (including phenoxy) is 2. The molecule has 0 fully saturated rings. The Hall–Kier alpha value is -2.57. The molecule has 0 aliphatic heterocycles.